The molecule has 2 rings (SSSR count). The van der Waals surface area contributed by atoms with Crippen LogP contribution in [0.3, 0.4) is 0 Å². The second-order valence-corrected chi connectivity index (χ2v) is 4.76. The molecule has 1 atom stereocenters. The van der Waals surface area contributed by atoms with Crippen molar-refractivity contribution in [2.45, 2.75) is 12.5 Å². The zero-order valence-electron chi connectivity index (χ0n) is 10.1. The van der Waals surface area contributed by atoms with Crippen molar-refractivity contribution in [2.75, 3.05) is 26.2 Å². The molecule has 8 heteroatoms. The van der Waals surface area contributed by atoms with Gasteiger partial charge in [0.05, 0.1) is 5.69 Å². The van der Waals surface area contributed by atoms with Gasteiger partial charge in [-0.05, 0) is 28.1 Å². The van der Waals surface area contributed by atoms with Gasteiger partial charge in [-0.1, -0.05) is 6.07 Å². The molecule has 1 aliphatic rings. The quantitative estimate of drug-likeness (QED) is 0.819. The third-order valence-electron chi connectivity index (χ3n) is 2.82. The van der Waals surface area contributed by atoms with Crippen LogP contribution in [0.25, 0.3) is 0 Å². The first-order chi connectivity index (χ1) is 8.18. The number of pyridine rings is 1. The van der Waals surface area contributed by atoms with Crippen molar-refractivity contribution >= 4 is 40.7 Å². The SMILES string of the molecule is Cl.Cl.FC(F)[C@H](c1cccc(Br)n1)N1CCNCC1. The highest BCUT2D eigenvalue weighted by Crippen LogP contribution is 2.27. The summed E-state index contributed by atoms with van der Waals surface area (Å²) in [5.41, 5.74) is 0.427. The third-order valence-corrected chi connectivity index (χ3v) is 3.26. The zero-order valence-corrected chi connectivity index (χ0v) is 13.3. The van der Waals surface area contributed by atoms with Crippen molar-refractivity contribution in [2.24, 2.45) is 0 Å². The molecule has 1 saturated heterocycles. The maximum absolute atomic E-state index is 13.2. The lowest BCUT2D eigenvalue weighted by Gasteiger charge is -2.34. The molecule has 0 saturated carbocycles. The standard InChI is InChI=1S/C11H14BrF2N3.2ClH/c12-9-3-1-2-8(16-9)10(11(13)14)17-6-4-15-5-7-17;;/h1-3,10-11,15H,4-7H2;2*1H/t10-;;/m0../s1. The van der Waals surface area contributed by atoms with E-state index in [4.69, 9.17) is 0 Å². The normalized spacial score (nSPS) is 17.5. The summed E-state index contributed by atoms with van der Waals surface area (Å²) in [4.78, 5) is 5.93. The maximum atomic E-state index is 13.2. The Morgan fingerprint density at radius 1 is 1.21 bits per heavy atom. The minimum absolute atomic E-state index is 0. The second-order valence-electron chi connectivity index (χ2n) is 3.95. The van der Waals surface area contributed by atoms with E-state index in [1.165, 1.54) is 0 Å². The van der Waals surface area contributed by atoms with Gasteiger partial charge >= 0.3 is 0 Å². The Hall–Kier alpha value is -0.0100. The van der Waals surface area contributed by atoms with Gasteiger partial charge in [-0.3, -0.25) is 4.90 Å². The van der Waals surface area contributed by atoms with E-state index in [-0.39, 0.29) is 24.8 Å². The highest BCUT2D eigenvalue weighted by Gasteiger charge is 2.31. The van der Waals surface area contributed by atoms with Crippen LogP contribution in [0, 0.1) is 0 Å². The van der Waals surface area contributed by atoms with Crippen molar-refractivity contribution < 1.29 is 8.78 Å². The second kappa shape index (κ2) is 9.02. The Morgan fingerprint density at radius 2 is 1.84 bits per heavy atom. The van der Waals surface area contributed by atoms with Gasteiger partial charge in [0.15, 0.2) is 0 Å². The summed E-state index contributed by atoms with van der Waals surface area (Å²) in [6.07, 6.45) is -2.42. The number of rotatable bonds is 3. The first-order valence-corrected chi connectivity index (χ1v) is 6.33. The molecular formula is C11H16BrCl2F2N3. The molecular weight excluding hydrogens is 363 g/mol. The highest BCUT2D eigenvalue weighted by molar-refractivity contribution is 9.10. The Morgan fingerprint density at radius 3 is 2.37 bits per heavy atom. The van der Waals surface area contributed by atoms with E-state index >= 15 is 0 Å². The molecule has 1 aromatic heterocycles. The Bertz CT molecular complexity index is 379. The van der Waals surface area contributed by atoms with E-state index in [1.807, 2.05) is 0 Å². The minimum atomic E-state index is -2.42. The smallest absolute Gasteiger partial charge is 0.259 e. The third kappa shape index (κ3) is 5.11. The van der Waals surface area contributed by atoms with Crippen LogP contribution >= 0.6 is 40.7 Å². The van der Waals surface area contributed by atoms with Crippen LogP contribution in [0.1, 0.15) is 11.7 Å². The molecule has 19 heavy (non-hydrogen) atoms. The molecule has 0 aromatic carbocycles. The fourth-order valence-electron chi connectivity index (χ4n) is 2.02. The molecule has 1 N–H and O–H groups in total. The Kier molecular flexibility index (Phi) is 9.02. The lowest BCUT2D eigenvalue weighted by Crippen LogP contribution is -2.47. The van der Waals surface area contributed by atoms with Gasteiger partial charge in [0.1, 0.15) is 10.6 Å². The van der Waals surface area contributed by atoms with E-state index < -0.39 is 12.5 Å². The van der Waals surface area contributed by atoms with Gasteiger partial charge in [0, 0.05) is 26.2 Å². The number of hydrogen-bond acceptors (Lipinski definition) is 3. The summed E-state index contributed by atoms with van der Waals surface area (Å²) in [6.45, 7) is 2.75. The number of hydrogen-bond donors (Lipinski definition) is 1. The monoisotopic (exact) mass is 377 g/mol. The van der Waals surface area contributed by atoms with Crippen LogP contribution in [0.15, 0.2) is 22.8 Å². The van der Waals surface area contributed by atoms with Crippen molar-refractivity contribution in [3.8, 4) is 0 Å². The number of alkyl halides is 2. The van der Waals surface area contributed by atoms with Crippen LogP contribution in [0.2, 0.25) is 0 Å². The molecule has 0 radical (unpaired) electrons. The van der Waals surface area contributed by atoms with Crippen molar-refractivity contribution in [1.82, 2.24) is 15.2 Å². The van der Waals surface area contributed by atoms with Crippen molar-refractivity contribution in [1.29, 1.82) is 0 Å². The van der Waals surface area contributed by atoms with E-state index in [2.05, 4.69) is 26.2 Å². The Balaban J connectivity index is 0.00000162. The van der Waals surface area contributed by atoms with Crippen LogP contribution in [0.5, 0.6) is 0 Å². The van der Waals surface area contributed by atoms with Gasteiger partial charge in [0.25, 0.3) is 6.43 Å². The summed E-state index contributed by atoms with van der Waals surface area (Å²) in [7, 11) is 0. The predicted molar refractivity (Wildman–Crippen MR) is 79.6 cm³/mol. The zero-order chi connectivity index (χ0) is 12.3. The Labute approximate surface area is 132 Å². The lowest BCUT2D eigenvalue weighted by molar-refractivity contribution is 0.0160. The molecule has 1 aromatic rings. The van der Waals surface area contributed by atoms with Gasteiger partial charge in [0.2, 0.25) is 0 Å². The maximum Gasteiger partial charge on any atom is 0.259 e. The average Bonchev–Trinajstić information content (AvgIpc) is 2.30. The van der Waals surface area contributed by atoms with Gasteiger partial charge in [-0.2, -0.15) is 0 Å². The average molecular weight is 379 g/mol. The summed E-state index contributed by atoms with van der Waals surface area (Å²) in [6, 6.07) is 4.23. The predicted octanol–water partition coefficient (Wildman–Crippen LogP) is 2.90. The largest absolute Gasteiger partial charge is 0.314 e. The van der Waals surface area contributed by atoms with Crippen molar-refractivity contribution in [3.05, 3.63) is 28.5 Å². The first-order valence-electron chi connectivity index (χ1n) is 5.54. The van der Waals surface area contributed by atoms with Crippen LogP contribution < -0.4 is 5.32 Å². The number of aromatic nitrogens is 1. The first kappa shape index (κ1) is 19.0. The fourth-order valence-corrected chi connectivity index (χ4v) is 2.38. The molecule has 110 valence electrons. The molecule has 3 nitrogen and oxygen atoms in total. The van der Waals surface area contributed by atoms with E-state index in [0.29, 0.717) is 23.4 Å². The van der Waals surface area contributed by atoms with Crippen LogP contribution in [-0.2, 0) is 0 Å². The van der Waals surface area contributed by atoms with E-state index in [0.717, 1.165) is 13.1 Å². The number of piperazine rings is 1. The summed E-state index contributed by atoms with van der Waals surface area (Å²) in [5, 5.41) is 3.16. The minimum Gasteiger partial charge on any atom is -0.314 e. The highest BCUT2D eigenvalue weighted by atomic mass is 79.9. The molecule has 0 amide bonds. The van der Waals surface area contributed by atoms with Gasteiger partial charge < -0.3 is 5.32 Å². The summed E-state index contributed by atoms with van der Waals surface area (Å²) >= 11 is 3.22. The number of nitrogens with one attached hydrogen (secondary N) is 1. The molecule has 0 unspecified atom stereocenters. The fraction of sp³-hybridized carbons (Fsp3) is 0.545. The summed E-state index contributed by atoms with van der Waals surface area (Å²) in [5.74, 6) is 0. The lowest BCUT2D eigenvalue weighted by atomic mass is 10.1. The molecule has 0 bridgehead atoms. The topological polar surface area (TPSA) is 28.2 Å². The molecule has 1 aliphatic heterocycles. The molecule has 2 heterocycles. The van der Waals surface area contributed by atoms with Gasteiger partial charge in [-0.15, -0.1) is 24.8 Å². The molecule has 0 spiro atoms. The van der Waals surface area contributed by atoms with Gasteiger partial charge in [-0.25, -0.2) is 13.8 Å². The number of nitrogens with zero attached hydrogens (tertiary/aromatic N) is 2. The van der Waals surface area contributed by atoms with Crippen LogP contribution in [0.4, 0.5) is 8.78 Å². The van der Waals surface area contributed by atoms with E-state index in [9.17, 15) is 8.78 Å². The number of halogens is 5. The molecule has 0 aliphatic carbocycles. The van der Waals surface area contributed by atoms with Crippen molar-refractivity contribution in [3.63, 3.8) is 0 Å². The van der Waals surface area contributed by atoms with Crippen LogP contribution in [-0.4, -0.2) is 42.5 Å². The van der Waals surface area contributed by atoms with E-state index in [1.54, 1.807) is 23.1 Å². The summed E-state index contributed by atoms with van der Waals surface area (Å²) < 4.78 is 27.0. The molecule has 1 fully saturated rings.